The van der Waals surface area contributed by atoms with E-state index in [4.69, 9.17) is 27.1 Å². The van der Waals surface area contributed by atoms with Gasteiger partial charge in [0.1, 0.15) is 5.92 Å². The molecule has 2 aromatic heterocycles. The molecule has 0 unspecified atom stereocenters. The topological polar surface area (TPSA) is 95.2 Å². The molecule has 0 aromatic carbocycles. The zero-order valence-electron chi connectivity index (χ0n) is 20.7. The predicted molar refractivity (Wildman–Crippen MR) is 135 cm³/mol. The number of aromatic nitrogens is 3. The molecule has 4 atom stereocenters. The quantitative estimate of drug-likeness (QED) is 0.564. The maximum atomic E-state index is 12.9. The van der Waals surface area contributed by atoms with Gasteiger partial charge in [0, 0.05) is 37.3 Å². The average molecular weight is 513 g/mol. The van der Waals surface area contributed by atoms with Crippen molar-refractivity contribution in [2.45, 2.75) is 74.2 Å². The normalized spacial score (nSPS) is 31.8. The summed E-state index contributed by atoms with van der Waals surface area (Å²) >= 11 is 0. The van der Waals surface area contributed by atoms with Gasteiger partial charge in [-0.2, -0.15) is 13.9 Å². The summed E-state index contributed by atoms with van der Waals surface area (Å²) in [4.78, 5) is 15.7. The van der Waals surface area contributed by atoms with Gasteiger partial charge in [-0.25, -0.2) is 4.98 Å². The standard InChI is InChI=1S/C26H32F2N7O2/c1-30-25-13-18(34-7-9-36-10-8-34)14-26(25,31-2)22(25)20-12-19(33-35(20)17-5-3-4-6-17)16-11-21(37-24(27)28)23(29)32-15-16/h1,11-12,15,17-18,22,24H,2-10,13-14H2,(H2,29,32)/q+1/t18-,22-,25+,26-/m1/s1. The van der Waals surface area contributed by atoms with Gasteiger partial charge in [-0.3, -0.25) is 14.6 Å². The van der Waals surface area contributed by atoms with Crippen LogP contribution in [0.3, 0.4) is 0 Å². The van der Waals surface area contributed by atoms with Gasteiger partial charge in [-0.05, 0) is 38.1 Å². The van der Waals surface area contributed by atoms with E-state index in [2.05, 4.69) is 30.9 Å². The number of pyridine rings is 1. The van der Waals surface area contributed by atoms with Crippen LogP contribution in [0.1, 0.15) is 56.2 Å². The Kier molecular flexibility index (Phi) is 5.92. The molecule has 4 aliphatic rings. The van der Waals surface area contributed by atoms with Crippen molar-refractivity contribution in [1.82, 2.24) is 19.7 Å². The fourth-order valence-corrected chi connectivity index (χ4v) is 7.16. The molecule has 0 bridgehead atoms. The Labute approximate surface area is 214 Å². The number of nitrogens with two attached hydrogens (primary N) is 1. The molecule has 1 aliphatic heterocycles. The predicted octanol–water partition coefficient (Wildman–Crippen LogP) is 3.98. The number of ether oxygens (including phenoxy) is 2. The molecule has 3 saturated carbocycles. The number of halogens is 2. The first-order chi connectivity index (χ1) is 17.9. The highest BCUT2D eigenvalue weighted by molar-refractivity contribution is 5.66. The Morgan fingerprint density at radius 3 is 2.62 bits per heavy atom. The average Bonchev–Trinajstić information content (AvgIpc) is 3.45. The number of aliphatic imine (C=N–C) groups is 1. The number of rotatable bonds is 7. The molecule has 11 heteroatoms. The van der Waals surface area contributed by atoms with Crippen LogP contribution >= 0.6 is 0 Å². The molecule has 37 heavy (non-hydrogen) atoms. The fraction of sp³-hybridized carbons (Fsp3) is 0.615. The molecule has 4 fully saturated rings. The van der Waals surface area contributed by atoms with Crippen LogP contribution in [-0.4, -0.2) is 76.4 Å². The van der Waals surface area contributed by atoms with Crippen molar-refractivity contribution in [1.29, 1.82) is 0 Å². The number of nitrogens with zero attached hydrogens (tertiary/aromatic N) is 6. The Balaban J connectivity index is 1.38. The summed E-state index contributed by atoms with van der Waals surface area (Å²) in [6, 6.07) is 4.03. The lowest BCUT2D eigenvalue weighted by Crippen LogP contribution is -2.44. The number of anilines is 1. The summed E-state index contributed by atoms with van der Waals surface area (Å²) in [5.41, 5.74) is 6.90. The zero-order chi connectivity index (χ0) is 25.8. The second-order valence-electron chi connectivity index (χ2n) is 10.6. The first kappa shape index (κ1) is 24.2. The van der Waals surface area contributed by atoms with Gasteiger partial charge < -0.3 is 15.2 Å². The van der Waals surface area contributed by atoms with E-state index >= 15 is 0 Å². The van der Waals surface area contributed by atoms with Gasteiger partial charge in [0.25, 0.3) is 6.57 Å². The molecule has 3 heterocycles. The lowest BCUT2D eigenvalue weighted by atomic mass is 9.98. The lowest BCUT2D eigenvalue weighted by Gasteiger charge is -2.33. The molecule has 1 saturated heterocycles. The molecular weight excluding hydrogens is 480 g/mol. The van der Waals surface area contributed by atoms with E-state index < -0.39 is 17.7 Å². The van der Waals surface area contributed by atoms with E-state index in [9.17, 15) is 8.78 Å². The third kappa shape index (κ3) is 3.72. The Morgan fingerprint density at radius 1 is 1.22 bits per heavy atom. The van der Waals surface area contributed by atoms with Gasteiger partial charge in [0.2, 0.25) is 0 Å². The maximum Gasteiger partial charge on any atom is 0.387 e. The maximum absolute atomic E-state index is 12.9. The van der Waals surface area contributed by atoms with Crippen molar-refractivity contribution in [2.24, 2.45) is 4.99 Å². The third-order valence-corrected chi connectivity index (χ3v) is 8.91. The largest absolute Gasteiger partial charge is 0.431 e. The zero-order valence-corrected chi connectivity index (χ0v) is 20.7. The summed E-state index contributed by atoms with van der Waals surface area (Å²) in [5.74, 6) is -0.319. The van der Waals surface area contributed by atoms with Crippen LogP contribution in [-0.2, 0) is 4.74 Å². The van der Waals surface area contributed by atoms with Crippen LogP contribution in [0.5, 0.6) is 5.75 Å². The second-order valence-corrected chi connectivity index (χ2v) is 10.6. The van der Waals surface area contributed by atoms with Crippen molar-refractivity contribution >= 4 is 12.5 Å². The van der Waals surface area contributed by atoms with Crippen LogP contribution in [0.4, 0.5) is 14.6 Å². The van der Waals surface area contributed by atoms with Crippen molar-refractivity contribution in [3.05, 3.63) is 28.9 Å². The molecule has 196 valence electrons. The molecule has 2 N–H and O–H groups in total. The van der Waals surface area contributed by atoms with Crippen LogP contribution < -0.4 is 10.5 Å². The van der Waals surface area contributed by atoms with Crippen molar-refractivity contribution in [3.8, 4) is 23.6 Å². The summed E-state index contributed by atoms with van der Waals surface area (Å²) in [6.07, 6.45) is 7.48. The highest BCUT2D eigenvalue weighted by atomic mass is 19.3. The summed E-state index contributed by atoms with van der Waals surface area (Å²) in [7, 11) is 0. The van der Waals surface area contributed by atoms with Crippen LogP contribution in [0.15, 0.2) is 23.3 Å². The number of fused-ring (bicyclic) bond motifs is 1. The van der Waals surface area contributed by atoms with Gasteiger partial charge in [0.15, 0.2) is 17.1 Å². The number of morpholine rings is 1. The SMILES string of the molecule is C#[N+][C@]12C[C@@H](N3CCOCC3)C[C@@]1(N=C)[C@@H]2c1cc(-c2cnc(N)c(OC(F)F)c2)nn1C1CCCC1. The highest BCUT2D eigenvalue weighted by Crippen LogP contribution is 2.74. The number of nitrogen functional groups attached to an aromatic ring is 1. The van der Waals surface area contributed by atoms with E-state index in [1.807, 2.05) is 6.07 Å². The van der Waals surface area contributed by atoms with Crippen LogP contribution in [0.25, 0.3) is 16.1 Å². The van der Waals surface area contributed by atoms with Gasteiger partial charge in [-0.1, -0.05) is 17.7 Å². The molecule has 3 aliphatic carbocycles. The van der Waals surface area contributed by atoms with Crippen molar-refractivity contribution in [2.75, 3.05) is 32.0 Å². The first-order valence-electron chi connectivity index (χ1n) is 12.9. The van der Waals surface area contributed by atoms with E-state index in [0.29, 0.717) is 17.3 Å². The van der Waals surface area contributed by atoms with Crippen molar-refractivity contribution < 1.29 is 18.3 Å². The molecule has 0 radical (unpaired) electrons. The van der Waals surface area contributed by atoms with E-state index in [-0.39, 0.29) is 23.5 Å². The molecule has 6 rings (SSSR count). The number of hydrogen-bond acceptors (Lipinski definition) is 7. The molecule has 2 aromatic rings. The highest BCUT2D eigenvalue weighted by Gasteiger charge is 2.92. The van der Waals surface area contributed by atoms with Crippen LogP contribution in [0.2, 0.25) is 0 Å². The van der Waals surface area contributed by atoms with E-state index in [1.54, 1.807) is 0 Å². The molecule has 9 nitrogen and oxygen atoms in total. The molecular formula is C26H32F2N7O2+. The smallest absolute Gasteiger partial charge is 0.387 e. The number of alkyl halides is 2. The van der Waals surface area contributed by atoms with E-state index in [0.717, 1.165) is 70.5 Å². The lowest BCUT2D eigenvalue weighted by molar-refractivity contribution is -0.0494. The Bertz CT molecular complexity index is 1230. The Hall–Kier alpha value is -3.10. The first-order valence-corrected chi connectivity index (χ1v) is 12.9. The second kappa shape index (κ2) is 9.03. The minimum absolute atomic E-state index is 0.0554. The Morgan fingerprint density at radius 2 is 1.97 bits per heavy atom. The van der Waals surface area contributed by atoms with Gasteiger partial charge in [0.05, 0.1) is 30.6 Å². The minimum Gasteiger partial charge on any atom is -0.431 e. The number of hydrogen-bond donors (Lipinski definition) is 1. The summed E-state index contributed by atoms with van der Waals surface area (Å²) in [6.45, 7) is 10.4. The fourth-order valence-electron chi connectivity index (χ4n) is 7.16. The van der Waals surface area contributed by atoms with Crippen LogP contribution in [0, 0.1) is 6.57 Å². The summed E-state index contributed by atoms with van der Waals surface area (Å²) in [5, 5.41) is 4.96. The monoisotopic (exact) mass is 512 g/mol. The molecule has 0 spiro atoms. The van der Waals surface area contributed by atoms with E-state index in [1.165, 1.54) is 12.3 Å². The molecule has 0 amide bonds. The van der Waals surface area contributed by atoms with Gasteiger partial charge in [-0.15, -0.1) is 0 Å². The van der Waals surface area contributed by atoms with Crippen molar-refractivity contribution in [3.63, 3.8) is 0 Å². The third-order valence-electron chi connectivity index (χ3n) is 8.91. The minimum atomic E-state index is -3.00. The van der Waals surface area contributed by atoms with Gasteiger partial charge >= 0.3 is 12.2 Å². The summed E-state index contributed by atoms with van der Waals surface area (Å²) < 4.78 is 38.0.